The third kappa shape index (κ3) is 2.72. The summed E-state index contributed by atoms with van der Waals surface area (Å²) in [6, 6.07) is 13.0. The Morgan fingerprint density at radius 2 is 2.04 bits per heavy atom. The van der Waals surface area contributed by atoms with Gasteiger partial charge < -0.3 is 9.67 Å². The molecule has 26 heavy (non-hydrogen) atoms. The topological polar surface area (TPSA) is 88.2 Å². The number of aromatic hydroxyl groups is 1. The van der Waals surface area contributed by atoms with Crippen molar-refractivity contribution in [3.63, 3.8) is 0 Å². The Balaban J connectivity index is 1.68. The molecule has 0 aliphatic rings. The van der Waals surface area contributed by atoms with Crippen molar-refractivity contribution in [2.24, 2.45) is 5.10 Å². The van der Waals surface area contributed by atoms with Gasteiger partial charge in [0, 0.05) is 17.5 Å². The number of nitrogens with one attached hydrogen (secondary N) is 1. The summed E-state index contributed by atoms with van der Waals surface area (Å²) in [6.07, 6.45) is 1.45. The lowest BCUT2D eigenvalue weighted by atomic mass is 10.2. The van der Waals surface area contributed by atoms with Crippen LogP contribution in [-0.2, 0) is 6.54 Å². The van der Waals surface area contributed by atoms with Crippen LogP contribution in [0.1, 0.15) is 12.5 Å². The Labute approximate surface area is 154 Å². The first-order valence-corrected chi connectivity index (χ1v) is 8.45. The lowest BCUT2D eigenvalue weighted by Crippen LogP contribution is -2.02. The Kier molecular flexibility index (Phi) is 4.14. The van der Waals surface area contributed by atoms with Crippen molar-refractivity contribution in [2.75, 3.05) is 5.43 Å². The maximum Gasteiger partial charge on any atom is 0.265 e. The maximum absolute atomic E-state index is 9.89. The summed E-state index contributed by atoms with van der Waals surface area (Å²) in [5.41, 5.74) is 5.80. The molecule has 0 saturated heterocycles. The highest BCUT2D eigenvalue weighted by atomic mass is 35.5. The molecule has 2 aromatic carbocycles. The van der Waals surface area contributed by atoms with Crippen LogP contribution in [-0.4, -0.2) is 31.1 Å². The van der Waals surface area contributed by atoms with E-state index in [4.69, 9.17) is 11.6 Å². The average Bonchev–Trinajstić information content (AvgIpc) is 2.98. The molecular weight excluding hydrogens is 352 g/mol. The molecule has 0 spiro atoms. The summed E-state index contributed by atoms with van der Waals surface area (Å²) < 4.78 is 2.08. The van der Waals surface area contributed by atoms with E-state index < -0.39 is 0 Å². The SMILES string of the molecule is CCn1c2ccccc2c2nnc(N/N=C/c3cccc(Cl)c3O)nc21. The van der Waals surface area contributed by atoms with Crippen LogP contribution < -0.4 is 5.43 Å². The lowest BCUT2D eigenvalue weighted by molar-refractivity contribution is 0.475. The van der Waals surface area contributed by atoms with Gasteiger partial charge in [-0.25, -0.2) is 5.43 Å². The number of aryl methyl sites for hydroxylation is 1. The minimum absolute atomic E-state index is 0.0275. The Morgan fingerprint density at radius 3 is 2.88 bits per heavy atom. The first kappa shape index (κ1) is 16.3. The van der Waals surface area contributed by atoms with Gasteiger partial charge in [0.05, 0.1) is 16.8 Å². The van der Waals surface area contributed by atoms with Crippen molar-refractivity contribution in [3.05, 3.63) is 53.1 Å². The predicted molar refractivity (Wildman–Crippen MR) is 103 cm³/mol. The van der Waals surface area contributed by atoms with Gasteiger partial charge in [0.25, 0.3) is 5.95 Å². The van der Waals surface area contributed by atoms with Gasteiger partial charge in [-0.2, -0.15) is 10.1 Å². The number of nitrogens with zero attached hydrogens (tertiary/aromatic N) is 5. The van der Waals surface area contributed by atoms with E-state index in [1.165, 1.54) is 6.21 Å². The van der Waals surface area contributed by atoms with E-state index in [-0.39, 0.29) is 16.7 Å². The molecule has 8 heteroatoms. The van der Waals surface area contributed by atoms with Gasteiger partial charge in [-0.3, -0.25) is 0 Å². The maximum atomic E-state index is 9.89. The number of halogens is 1. The summed E-state index contributed by atoms with van der Waals surface area (Å²) in [6.45, 7) is 2.82. The van der Waals surface area contributed by atoms with Gasteiger partial charge in [-0.05, 0) is 25.1 Å². The molecule has 2 heterocycles. The highest BCUT2D eigenvalue weighted by Crippen LogP contribution is 2.27. The van der Waals surface area contributed by atoms with E-state index in [1.807, 2.05) is 24.3 Å². The molecule has 0 aliphatic heterocycles. The zero-order chi connectivity index (χ0) is 18.1. The van der Waals surface area contributed by atoms with Gasteiger partial charge in [0.2, 0.25) is 0 Å². The smallest absolute Gasteiger partial charge is 0.265 e. The number of hydrogen-bond acceptors (Lipinski definition) is 6. The number of rotatable bonds is 4. The molecular formula is C18H15ClN6O. The first-order valence-electron chi connectivity index (χ1n) is 8.07. The number of phenols is 1. The molecule has 2 aromatic heterocycles. The van der Waals surface area contributed by atoms with E-state index in [0.29, 0.717) is 5.56 Å². The van der Waals surface area contributed by atoms with Crippen molar-refractivity contribution in [1.29, 1.82) is 0 Å². The number of phenolic OH excluding ortho intramolecular Hbond substituents is 1. The normalized spacial score (nSPS) is 11.6. The fourth-order valence-electron chi connectivity index (χ4n) is 2.87. The van der Waals surface area contributed by atoms with Gasteiger partial charge in [-0.1, -0.05) is 35.9 Å². The second-order valence-electron chi connectivity index (χ2n) is 5.62. The van der Waals surface area contributed by atoms with Crippen molar-refractivity contribution in [3.8, 4) is 5.75 Å². The van der Waals surface area contributed by atoms with Gasteiger partial charge in [-0.15, -0.1) is 10.2 Å². The van der Waals surface area contributed by atoms with Gasteiger partial charge in [0.1, 0.15) is 11.3 Å². The molecule has 0 unspecified atom stereocenters. The molecule has 0 radical (unpaired) electrons. The molecule has 0 saturated carbocycles. The van der Waals surface area contributed by atoms with Crippen molar-refractivity contribution in [1.82, 2.24) is 19.7 Å². The molecule has 0 bridgehead atoms. The number of fused-ring (bicyclic) bond motifs is 3. The van der Waals surface area contributed by atoms with Crippen LogP contribution in [0, 0.1) is 0 Å². The summed E-state index contributed by atoms with van der Waals surface area (Å²) in [7, 11) is 0. The van der Waals surface area contributed by atoms with E-state index in [1.54, 1.807) is 18.2 Å². The zero-order valence-corrected chi connectivity index (χ0v) is 14.6. The van der Waals surface area contributed by atoms with Crippen LogP contribution >= 0.6 is 11.6 Å². The molecule has 0 amide bonds. The van der Waals surface area contributed by atoms with Crippen LogP contribution in [0.3, 0.4) is 0 Å². The summed E-state index contributed by atoms with van der Waals surface area (Å²) in [5.74, 6) is 0.244. The molecule has 4 rings (SSSR count). The highest BCUT2D eigenvalue weighted by molar-refractivity contribution is 6.32. The number of hydrazone groups is 1. The largest absolute Gasteiger partial charge is 0.506 e. The van der Waals surface area contributed by atoms with Crippen LogP contribution in [0.25, 0.3) is 22.1 Å². The molecule has 0 fully saturated rings. The van der Waals surface area contributed by atoms with E-state index in [2.05, 4.69) is 37.2 Å². The van der Waals surface area contributed by atoms with Crippen molar-refractivity contribution in [2.45, 2.75) is 13.5 Å². The molecule has 7 nitrogen and oxygen atoms in total. The summed E-state index contributed by atoms with van der Waals surface area (Å²) in [5, 5.41) is 23.6. The number of para-hydroxylation sites is 2. The number of hydrogen-bond donors (Lipinski definition) is 2. The Hall–Kier alpha value is -3.19. The second-order valence-corrected chi connectivity index (χ2v) is 6.02. The monoisotopic (exact) mass is 366 g/mol. The van der Waals surface area contributed by atoms with E-state index >= 15 is 0 Å². The highest BCUT2D eigenvalue weighted by Gasteiger charge is 2.13. The Bertz CT molecular complexity index is 1140. The molecule has 2 N–H and O–H groups in total. The predicted octanol–water partition coefficient (Wildman–Crippen LogP) is 3.80. The van der Waals surface area contributed by atoms with Gasteiger partial charge >= 0.3 is 0 Å². The lowest BCUT2D eigenvalue weighted by Gasteiger charge is -2.03. The van der Waals surface area contributed by atoms with Crippen LogP contribution in [0.15, 0.2) is 47.6 Å². The average molecular weight is 367 g/mol. The minimum Gasteiger partial charge on any atom is -0.506 e. The third-order valence-electron chi connectivity index (χ3n) is 4.08. The minimum atomic E-state index is -0.0275. The zero-order valence-electron chi connectivity index (χ0n) is 13.9. The van der Waals surface area contributed by atoms with Crippen molar-refractivity contribution < 1.29 is 5.11 Å². The third-order valence-corrected chi connectivity index (χ3v) is 4.38. The van der Waals surface area contributed by atoms with Crippen LogP contribution in [0.2, 0.25) is 5.02 Å². The molecule has 0 atom stereocenters. The number of aromatic nitrogens is 4. The van der Waals surface area contributed by atoms with E-state index in [0.717, 1.165) is 28.6 Å². The quantitative estimate of drug-likeness (QED) is 0.423. The van der Waals surface area contributed by atoms with Gasteiger partial charge in [0.15, 0.2) is 5.65 Å². The fraction of sp³-hybridized carbons (Fsp3) is 0.111. The van der Waals surface area contributed by atoms with Crippen molar-refractivity contribution >= 4 is 45.8 Å². The van der Waals surface area contributed by atoms with E-state index in [9.17, 15) is 5.11 Å². The summed E-state index contributed by atoms with van der Waals surface area (Å²) in [4.78, 5) is 4.53. The standard InChI is InChI=1S/C18H15ClN6O/c1-2-25-14-9-4-3-7-12(14)15-17(25)21-18(24-22-15)23-20-10-11-6-5-8-13(19)16(11)26/h3-10,26H,2H2,1H3,(H,21,23,24)/b20-10+. The van der Waals surface area contributed by atoms with Crippen LogP contribution in [0.5, 0.6) is 5.75 Å². The summed E-state index contributed by atoms with van der Waals surface area (Å²) >= 11 is 5.88. The molecule has 0 aliphatic carbocycles. The van der Waals surface area contributed by atoms with Crippen LogP contribution in [0.4, 0.5) is 5.95 Å². The number of benzene rings is 2. The second kappa shape index (κ2) is 6.61. The number of anilines is 1. The molecule has 4 aromatic rings. The first-order chi connectivity index (χ1) is 12.7. The Morgan fingerprint density at radius 1 is 1.19 bits per heavy atom. The molecule has 130 valence electrons. The fourth-order valence-corrected chi connectivity index (χ4v) is 3.05.